The van der Waals surface area contributed by atoms with E-state index in [2.05, 4.69) is 9.97 Å². The van der Waals surface area contributed by atoms with E-state index in [1.54, 1.807) is 19.1 Å². The van der Waals surface area contributed by atoms with Crippen LogP contribution in [0.5, 0.6) is 0 Å². The molecule has 0 bridgehead atoms. The van der Waals surface area contributed by atoms with E-state index in [1.807, 2.05) is 0 Å². The first-order chi connectivity index (χ1) is 15.4. The second-order valence-electron chi connectivity index (χ2n) is 7.32. The van der Waals surface area contributed by atoms with Gasteiger partial charge in [-0.15, -0.1) is 0 Å². The molecule has 2 aromatic heterocycles. The van der Waals surface area contributed by atoms with Crippen molar-refractivity contribution in [1.82, 2.24) is 9.97 Å². The van der Waals surface area contributed by atoms with Gasteiger partial charge in [0.05, 0.1) is 29.9 Å². The molecule has 0 aliphatic carbocycles. The summed E-state index contributed by atoms with van der Waals surface area (Å²) in [5.74, 6) is -1.50. The van der Waals surface area contributed by atoms with Gasteiger partial charge in [-0.1, -0.05) is 25.1 Å². The Morgan fingerprint density at radius 1 is 1.12 bits per heavy atom. The molecule has 0 saturated carbocycles. The van der Waals surface area contributed by atoms with Crippen molar-refractivity contribution in [1.29, 1.82) is 0 Å². The fraction of sp³-hybridized carbons (Fsp3) is 0.227. The quantitative estimate of drug-likeness (QED) is 0.365. The molecule has 0 amide bonds. The molecule has 174 valence electrons. The lowest BCUT2D eigenvalue weighted by Crippen LogP contribution is -2.30. The predicted molar refractivity (Wildman–Crippen MR) is 114 cm³/mol. The molecule has 1 unspecified atom stereocenters. The third-order valence-electron chi connectivity index (χ3n) is 4.86. The van der Waals surface area contributed by atoms with Crippen molar-refractivity contribution >= 4 is 22.0 Å². The first kappa shape index (κ1) is 24.3. The number of hydrogen-bond donors (Lipinski definition) is 0. The Hall–Kier alpha value is -3.34. The van der Waals surface area contributed by atoms with Gasteiger partial charge in [0.15, 0.2) is 0 Å². The highest BCUT2D eigenvalue weighted by atomic mass is 32.2. The second-order valence-corrected chi connectivity index (χ2v) is 9.23. The number of anilines is 1. The second kappa shape index (κ2) is 9.26. The Kier molecular flexibility index (Phi) is 6.82. The summed E-state index contributed by atoms with van der Waals surface area (Å²) in [6.45, 7) is 1.07. The molecule has 0 aliphatic rings. The first-order valence-corrected chi connectivity index (χ1v) is 11.5. The number of sulfonamides is 1. The maximum absolute atomic E-state index is 14.9. The molecule has 0 aliphatic heterocycles. The van der Waals surface area contributed by atoms with Crippen LogP contribution in [0.1, 0.15) is 29.7 Å². The van der Waals surface area contributed by atoms with E-state index < -0.39 is 40.2 Å². The summed E-state index contributed by atoms with van der Waals surface area (Å²) in [6.07, 6.45) is -1.89. The van der Waals surface area contributed by atoms with Crippen LogP contribution in [0.15, 0.2) is 54.7 Å². The minimum atomic E-state index is -4.73. The number of benzene rings is 1. The van der Waals surface area contributed by atoms with E-state index in [0.717, 1.165) is 28.8 Å². The summed E-state index contributed by atoms with van der Waals surface area (Å²) in [7, 11) is -4.06. The monoisotopic (exact) mass is 481 g/mol. The Bertz CT molecular complexity index is 1270. The van der Waals surface area contributed by atoms with Gasteiger partial charge in [0.25, 0.3) is 0 Å². The first-order valence-electron chi connectivity index (χ1n) is 9.62. The largest absolute Gasteiger partial charge is 0.433 e. The summed E-state index contributed by atoms with van der Waals surface area (Å²) in [4.78, 5) is 18.7. The van der Waals surface area contributed by atoms with Gasteiger partial charge >= 0.3 is 6.18 Å². The molecule has 0 spiro atoms. The lowest BCUT2D eigenvalue weighted by atomic mass is 10.0. The van der Waals surface area contributed by atoms with E-state index in [0.29, 0.717) is 11.8 Å². The van der Waals surface area contributed by atoms with Crippen LogP contribution < -0.4 is 4.31 Å². The summed E-state index contributed by atoms with van der Waals surface area (Å²) >= 11 is 0. The van der Waals surface area contributed by atoms with Gasteiger partial charge in [-0.3, -0.25) is 9.29 Å². The van der Waals surface area contributed by atoms with Crippen LogP contribution in [-0.4, -0.2) is 30.9 Å². The summed E-state index contributed by atoms with van der Waals surface area (Å²) in [6, 6.07) is 10.1. The van der Waals surface area contributed by atoms with E-state index in [9.17, 15) is 30.8 Å². The van der Waals surface area contributed by atoms with Crippen molar-refractivity contribution in [2.45, 2.75) is 25.6 Å². The van der Waals surface area contributed by atoms with Crippen molar-refractivity contribution in [3.05, 3.63) is 77.4 Å². The van der Waals surface area contributed by atoms with Crippen LogP contribution >= 0.6 is 0 Å². The SMILES string of the molecule is CC(C=O)c1ccc(N(Cc2ccc(C(F)(F)F)nc2-c2ccccn2)S(C)(=O)=O)c(F)c1. The Balaban J connectivity index is 2.13. The van der Waals surface area contributed by atoms with Crippen molar-refractivity contribution in [2.24, 2.45) is 0 Å². The minimum absolute atomic E-state index is 0.0943. The highest BCUT2D eigenvalue weighted by molar-refractivity contribution is 7.92. The highest BCUT2D eigenvalue weighted by Gasteiger charge is 2.34. The van der Waals surface area contributed by atoms with Crippen LogP contribution in [0.2, 0.25) is 0 Å². The van der Waals surface area contributed by atoms with Crippen molar-refractivity contribution in [2.75, 3.05) is 10.6 Å². The Labute approximate surface area is 188 Å². The number of rotatable bonds is 7. The van der Waals surface area contributed by atoms with Crippen LogP contribution in [0.25, 0.3) is 11.4 Å². The fourth-order valence-electron chi connectivity index (χ4n) is 3.12. The van der Waals surface area contributed by atoms with Crippen LogP contribution in [0, 0.1) is 5.82 Å². The Morgan fingerprint density at radius 3 is 2.39 bits per heavy atom. The van der Waals surface area contributed by atoms with Crippen molar-refractivity contribution in [3.63, 3.8) is 0 Å². The topological polar surface area (TPSA) is 80.2 Å². The van der Waals surface area contributed by atoms with Gasteiger partial charge in [0, 0.05) is 17.7 Å². The molecule has 6 nitrogen and oxygen atoms in total. The van der Waals surface area contributed by atoms with Crippen LogP contribution in [0.4, 0.5) is 23.2 Å². The number of halogens is 4. The number of nitrogens with zero attached hydrogens (tertiary/aromatic N) is 3. The molecular weight excluding hydrogens is 462 g/mol. The van der Waals surface area contributed by atoms with Crippen LogP contribution in [-0.2, 0) is 27.5 Å². The molecule has 0 fully saturated rings. The van der Waals surface area contributed by atoms with Crippen molar-refractivity contribution in [3.8, 4) is 11.4 Å². The zero-order valence-electron chi connectivity index (χ0n) is 17.5. The zero-order chi connectivity index (χ0) is 24.4. The third kappa shape index (κ3) is 5.54. The van der Waals surface area contributed by atoms with Crippen LogP contribution in [0.3, 0.4) is 0 Å². The van der Waals surface area contributed by atoms with Gasteiger partial charge in [-0.2, -0.15) is 13.2 Å². The fourth-order valence-corrected chi connectivity index (χ4v) is 4.00. The van der Waals surface area contributed by atoms with Gasteiger partial charge in [0.1, 0.15) is 17.8 Å². The zero-order valence-corrected chi connectivity index (χ0v) is 18.4. The molecule has 2 heterocycles. The third-order valence-corrected chi connectivity index (χ3v) is 5.99. The standard InChI is InChI=1S/C22H19F4N3O3S/c1-14(13-30)15-6-8-19(17(23)11-15)29(33(2,31)32)12-16-7-9-20(22(24,25)26)28-21(16)18-5-3-4-10-27-18/h3-11,13-14H,12H2,1-2H3. The maximum atomic E-state index is 14.9. The molecule has 3 aromatic rings. The number of carbonyl (C=O) groups excluding carboxylic acids is 1. The van der Waals surface area contributed by atoms with Gasteiger partial charge in [-0.05, 0) is 35.9 Å². The summed E-state index contributed by atoms with van der Waals surface area (Å²) in [5, 5.41) is 0. The number of aldehydes is 1. The van der Waals surface area contributed by atoms with E-state index in [1.165, 1.54) is 24.4 Å². The summed E-state index contributed by atoms with van der Waals surface area (Å²) < 4.78 is 80.4. The smallest absolute Gasteiger partial charge is 0.303 e. The van der Waals surface area contributed by atoms with E-state index in [-0.39, 0.29) is 22.6 Å². The number of hydrogen-bond acceptors (Lipinski definition) is 5. The molecule has 1 atom stereocenters. The number of carbonyl (C=O) groups is 1. The average molecular weight is 481 g/mol. The molecule has 0 saturated heterocycles. The van der Waals surface area contributed by atoms with Crippen molar-refractivity contribution < 1.29 is 30.8 Å². The molecule has 33 heavy (non-hydrogen) atoms. The predicted octanol–water partition coefficient (Wildman–Crippen LogP) is 4.57. The van der Waals surface area contributed by atoms with Gasteiger partial charge < -0.3 is 4.79 Å². The molecule has 0 radical (unpaired) electrons. The normalized spacial score (nSPS) is 12.9. The highest BCUT2D eigenvalue weighted by Crippen LogP contribution is 2.33. The Morgan fingerprint density at radius 2 is 1.85 bits per heavy atom. The lowest BCUT2D eigenvalue weighted by Gasteiger charge is -2.24. The van der Waals surface area contributed by atoms with E-state index in [4.69, 9.17) is 0 Å². The molecule has 0 N–H and O–H groups in total. The molecule has 3 rings (SSSR count). The maximum Gasteiger partial charge on any atom is 0.433 e. The van der Waals surface area contributed by atoms with E-state index >= 15 is 0 Å². The lowest BCUT2D eigenvalue weighted by molar-refractivity contribution is -0.141. The molecule has 11 heteroatoms. The molecule has 1 aromatic carbocycles. The average Bonchev–Trinajstić information content (AvgIpc) is 2.76. The molecular formula is C22H19F4N3O3S. The number of pyridine rings is 2. The summed E-state index contributed by atoms with van der Waals surface area (Å²) in [5.41, 5.74) is -1.11. The van der Waals surface area contributed by atoms with Gasteiger partial charge in [0.2, 0.25) is 10.0 Å². The van der Waals surface area contributed by atoms with Gasteiger partial charge in [-0.25, -0.2) is 17.8 Å². The number of aromatic nitrogens is 2. The minimum Gasteiger partial charge on any atom is -0.303 e. The number of alkyl halides is 3.